The molecule has 0 fully saturated rings. The number of ether oxygens (including phenoxy) is 2. The highest BCUT2D eigenvalue weighted by atomic mass is 35.7. The molecular weight excluding hydrogens is 463 g/mol. The van der Waals surface area contributed by atoms with Crippen LogP contribution in [0.4, 0.5) is 0 Å². The molecular formula is C17H22Cl2N2O10. The molecule has 0 unspecified atom stereocenters. The monoisotopic (exact) mass is 484 g/mol. The molecule has 0 aliphatic heterocycles. The van der Waals surface area contributed by atoms with Gasteiger partial charge in [0.05, 0.1) is 14.2 Å². The van der Waals surface area contributed by atoms with Crippen LogP contribution in [0.3, 0.4) is 0 Å². The second-order valence-electron chi connectivity index (χ2n) is 5.43. The van der Waals surface area contributed by atoms with Crippen LogP contribution in [0, 0.1) is 20.5 Å². The fraction of sp³-hybridized carbons (Fsp3) is 0.235. The fourth-order valence-corrected chi connectivity index (χ4v) is 2.06. The molecule has 0 aliphatic rings. The molecule has 0 bridgehead atoms. The normalized spacial score (nSPS) is 11.2. The Hall–Kier alpha value is -2.07. The minimum absolute atomic E-state index is 0.737. The zero-order valence-electron chi connectivity index (χ0n) is 16.6. The summed E-state index contributed by atoms with van der Waals surface area (Å²) in [4.78, 5) is 0. The molecule has 0 atom stereocenters. The number of rotatable bonds is 6. The van der Waals surface area contributed by atoms with Crippen molar-refractivity contribution in [2.24, 2.45) is 0 Å². The maximum absolute atomic E-state index is 8.49. The van der Waals surface area contributed by atoms with Crippen LogP contribution in [0.1, 0.15) is 11.1 Å². The predicted octanol–water partition coefficient (Wildman–Crippen LogP) is -8.11. The van der Waals surface area contributed by atoms with Gasteiger partial charge in [-0.05, 0) is 23.3 Å². The van der Waals surface area contributed by atoms with Crippen molar-refractivity contribution in [1.29, 1.82) is 0 Å². The molecule has 12 nitrogen and oxygen atoms in total. The molecule has 0 aliphatic carbocycles. The van der Waals surface area contributed by atoms with Crippen molar-refractivity contribution in [3.05, 3.63) is 53.9 Å². The Balaban J connectivity index is 0.000000752. The first kappa shape index (κ1) is 28.9. The molecule has 2 aromatic rings. The van der Waals surface area contributed by atoms with E-state index in [-0.39, 0.29) is 0 Å². The third-order valence-corrected chi connectivity index (χ3v) is 3.21. The van der Waals surface area contributed by atoms with Gasteiger partial charge in [0.2, 0.25) is 0 Å². The molecule has 1 aromatic carbocycles. The SMILES string of the molecule is COc1ccc(/C=C/c2cc[n+](CC[NH3+])cc2)cc1OC.[O-][Cl+3]([O-])([O-])[O-].[O-][Cl+3]([O-])([O-])[O-]. The van der Waals surface area contributed by atoms with E-state index in [0.717, 1.165) is 35.7 Å². The molecule has 174 valence electrons. The standard InChI is InChI=1S/C17H21N2O2.2ClHO4/c1-20-16-6-5-15(13-17(16)21-2)4-3-14-7-10-19(11-8-14)12-9-18;2*2-1(3,4)5/h3-8,10-11,13H,9,12,18H2,1-2H3;2*(H,2,3,4,5)/q+1;;/p-1/b4-3+;;. The van der Waals surface area contributed by atoms with Crippen molar-refractivity contribution in [3.63, 3.8) is 0 Å². The highest BCUT2D eigenvalue weighted by Gasteiger charge is 2.03. The minimum atomic E-state index is -4.94. The van der Waals surface area contributed by atoms with Gasteiger partial charge in [0, 0.05) is 12.1 Å². The smallest absolute Gasteiger partial charge is 0.196 e. The zero-order chi connectivity index (χ0) is 24.1. The highest BCUT2D eigenvalue weighted by Crippen LogP contribution is 2.28. The minimum Gasteiger partial charge on any atom is -0.493 e. The van der Waals surface area contributed by atoms with Gasteiger partial charge in [0.1, 0.15) is 6.54 Å². The number of hydrogen-bond donors (Lipinski definition) is 1. The molecule has 0 saturated heterocycles. The number of halogens is 2. The third-order valence-electron chi connectivity index (χ3n) is 3.21. The first-order chi connectivity index (χ1) is 14.3. The lowest BCUT2D eigenvalue weighted by molar-refractivity contribution is -2.00. The summed E-state index contributed by atoms with van der Waals surface area (Å²) in [5.74, 6) is 1.48. The Morgan fingerprint density at radius 1 is 0.774 bits per heavy atom. The molecule has 0 spiro atoms. The first-order valence-corrected chi connectivity index (χ1v) is 10.7. The van der Waals surface area contributed by atoms with Crippen LogP contribution in [0.5, 0.6) is 11.5 Å². The number of benzene rings is 1. The Morgan fingerprint density at radius 2 is 1.23 bits per heavy atom. The third kappa shape index (κ3) is 17.3. The van der Waals surface area contributed by atoms with Gasteiger partial charge in [-0.3, -0.25) is 0 Å². The molecule has 1 aromatic heterocycles. The van der Waals surface area contributed by atoms with Crippen molar-refractivity contribution in [2.75, 3.05) is 20.8 Å². The number of pyridine rings is 1. The van der Waals surface area contributed by atoms with Crippen LogP contribution >= 0.6 is 0 Å². The lowest BCUT2D eigenvalue weighted by atomic mass is 10.1. The van der Waals surface area contributed by atoms with Crippen molar-refractivity contribution in [1.82, 2.24) is 0 Å². The van der Waals surface area contributed by atoms with Gasteiger partial charge in [-0.25, -0.2) is 37.3 Å². The van der Waals surface area contributed by atoms with Gasteiger partial charge in [-0.1, -0.05) is 18.2 Å². The Kier molecular flexibility index (Phi) is 13.1. The summed E-state index contributed by atoms with van der Waals surface area (Å²) in [5.41, 5.74) is 6.08. The number of methoxy groups -OCH3 is 2. The van der Waals surface area contributed by atoms with Crippen molar-refractivity contribution >= 4 is 12.2 Å². The Bertz CT molecular complexity index is 769. The van der Waals surface area contributed by atoms with E-state index < -0.39 is 20.5 Å². The lowest BCUT2D eigenvalue weighted by Gasteiger charge is -2.17. The lowest BCUT2D eigenvalue weighted by Crippen LogP contribution is -2.68. The topological polar surface area (TPSA) is 234 Å². The maximum Gasteiger partial charge on any atom is 0.196 e. The quantitative estimate of drug-likeness (QED) is 0.379. The number of aromatic nitrogens is 1. The summed E-state index contributed by atoms with van der Waals surface area (Å²) in [5, 5.41) is 0. The second kappa shape index (κ2) is 14.1. The van der Waals surface area contributed by atoms with Crippen molar-refractivity contribution < 1.29 is 77.5 Å². The summed E-state index contributed by atoms with van der Waals surface area (Å²) in [6.07, 6.45) is 8.28. The van der Waals surface area contributed by atoms with E-state index in [1.807, 2.05) is 18.2 Å². The fourth-order valence-electron chi connectivity index (χ4n) is 2.06. The van der Waals surface area contributed by atoms with E-state index in [2.05, 4.69) is 47.0 Å². The molecule has 1 heterocycles. The molecule has 31 heavy (non-hydrogen) atoms. The summed E-state index contributed by atoms with van der Waals surface area (Å²) in [6.45, 7) is 1.84. The van der Waals surface area contributed by atoms with Gasteiger partial charge in [0.25, 0.3) is 0 Å². The first-order valence-electron chi connectivity index (χ1n) is 8.18. The molecule has 2 rings (SSSR count). The van der Waals surface area contributed by atoms with Gasteiger partial charge < -0.3 is 15.2 Å². The largest absolute Gasteiger partial charge is 0.493 e. The highest BCUT2D eigenvalue weighted by molar-refractivity contribution is 5.70. The summed E-state index contributed by atoms with van der Waals surface area (Å²) in [7, 11) is -6.61. The second-order valence-corrected chi connectivity index (χ2v) is 6.94. The molecule has 0 amide bonds. The predicted molar refractivity (Wildman–Crippen MR) is 82.9 cm³/mol. The number of nitrogens with zero attached hydrogens (tertiary/aromatic N) is 1. The van der Waals surface area contributed by atoms with Crippen LogP contribution in [-0.4, -0.2) is 20.8 Å². The number of quaternary nitrogens is 1. The van der Waals surface area contributed by atoms with E-state index in [0.29, 0.717) is 0 Å². The molecule has 3 N–H and O–H groups in total. The van der Waals surface area contributed by atoms with Crippen LogP contribution in [0.2, 0.25) is 0 Å². The average molecular weight is 485 g/mol. The van der Waals surface area contributed by atoms with Crippen LogP contribution in [0.25, 0.3) is 12.2 Å². The van der Waals surface area contributed by atoms with E-state index in [4.69, 9.17) is 46.7 Å². The molecule has 14 heteroatoms. The maximum atomic E-state index is 8.49. The van der Waals surface area contributed by atoms with Crippen LogP contribution in [0.15, 0.2) is 42.7 Å². The van der Waals surface area contributed by atoms with Crippen molar-refractivity contribution in [2.45, 2.75) is 6.54 Å². The molecule has 0 saturated carbocycles. The summed E-state index contributed by atoms with van der Waals surface area (Å²) in [6, 6.07) is 10.1. The van der Waals surface area contributed by atoms with Gasteiger partial charge >= 0.3 is 0 Å². The van der Waals surface area contributed by atoms with Crippen LogP contribution in [-0.2, 0) is 6.54 Å². The summed E-state index contributed by atoms with van der Waals surface area (Å²) < 4.78 is 80.6. The Morgan fingerprint density at radius 3 is 1.65 bits per heavy atom. The van der Waals surface area contributed by atoms with Gasteiger partial charge in [-0.2, -0.15) is 4.57 Å². The average Bonchev–Trinajstić information content (AvgIpc) is 2.65. The van der Waals surface area contributed by atoms with Crippen LogP contribution < -0.4 is 57.0 Å². The zero-order valence-corrected chi connectivity index (χ0v) is 18.1. The number of hydrogen-bond acceptors (Lipinski definition) is 10. The van der Waals surface area contributed by atoms with E-state index in [1.165, 1.54) is 0 Å². The van der Waals surface area contributed by atoms with Gasteiger partial charge in [-0.15, -0.1) is 20.5 Å². The van der Waals surface area contributed by atoms with E-state index in [1.54, 1.807) is 14.2 Å². The van der Waals surface area contributed by atoms with E-state index in [9.17, 15) is 0 Å². The Labute approximate surface area is 182 Å². The van der Waals surface area contributed by atoms with E-state index >= 15 is 0 Å². The molecule has 0 radical (unpaired) electrons. The van der Waals surface area contributed by atoms with Gasteiger partial charge in [0.15, 0.2) is 30.4 Å². The summed E-state index contributed by atoms with van der Waals surface area (Å²) >= 11 is 0. The van der Waals surface area contributed by atoms with Crippen molar-refractivity contribution in [3.8, 4) is 11.5 Å².